The molecule has 8 heteroatoms. The predicted octanol–water partition coefficient (Wildman–Crippen LogP) is 4.62. The number of hydrogen-bond acceptors (Lipinski definition) is 6. The van der Waals surface area contributed by atoms with Gasteiger partial charge in [-0.15, -0.1) is 29.7 Å². The Kier molecular flexibility index (Phi) is 6.60. The van der Waals surface area contributed by atoms with Gasteiger partial charge in [0.1, 0.15) is 4.83 Å². The van der Waals surface area contributed by atoms with Crippen LogP contribution in [0.3, 0.4) is 0 Å². The summed E-state index contributed by atoms with van der Waals surface area (Å²) in [5, 5.41) is 4.24. The van der Waals surface area contributed by atoms with E-state index in [-0.39, 0.29) is 22.0 Å². The molecule has 4 rings (SSSR count). The van der Waals surface area contributed by atoms with Crippen molar-refractivity contribution in [2.75, 3.05) is 5.75 Å². The number of thioether (sulfide) groups is 2. The molecule has 162 valence electrons. The quantitative estimate of drug-likeness (QED) is 0.309. The van der Waals surface area contributed by atoms with E-state index in [1.54, 1.807) is 22.0 Å². The highest BCUT2D eigenvalue weighted by Gasteiger charge is 2.31. The predicted molar refractivity (Wildman–Crippen MR) is 132 cm³/mol. The van der Waals surface area contributed by atoms with Gasteiger partial charge >= 0.3 is 0 Å². The number of nitrogens with zero attached hydrogens (tertiary/aromatic N) is 2. The Morgan fingerprint density at radius 2 is 2.13 bits per heavy atom. The molecule has 0 aliphatic carbocycles. The summed E-state index contributed by atoms with van der Waals surface area (Å²) in [6.07, 6.45) is 2.57. The zero-order valence-electron chi connectivity index (χ0n) is 17.6. The maximum Gasteiger partial charge on any atom is 0.263 e. The van der Waals surface area contributed by atoms with E-state index in [0.717, 1.165) is 33.5 Å². The molecular weight excluding hydrogens is 446 g/mol. The third-order valence-corrected chi connectivity index (χ3v) is 8.78. The van der Waals surface area contributed by atoms with Crippen molar-refractivity contribution < 1.29 is 4.79 Å². The van der Waals surface area contributed by atoms with E-state index in [9.17, 15) is 9.59 Å². The first-order valence-corrected chi connectivity index (χ1v) is 12.9. The number of rotatable bonds is 7. The van der Waals surface area contributed by atoms with Gasteiger partial charge in [0.2, 0.25) is 5.91 Å². The average molecular weight is 472 g/mol. The average Bonchev–Trinajstić information content (AvgIpc) is 3.10. The Morgan fingerprint density at radius 3 is 2.87 bits per heavy atom. The van der Waals surface area contributed by atoms with Gasteiger partial charge in [-0.2, -0.15) is 0 Å². The molecule has 0 spiro atoms. The number of allylic oxidation sites excluding steroid dienone is 1. The summed E-state index contributed by atoms with van der Waals surface area (Å²) in [5.41, 5.74) is 2.17. The van der Waals surface area contributed by atoms with E-state index in [2.05, 4.69) is 25.7 Å². The van der Waals surface area contributed by atoms with Gasteiger partial charge in [-0.1, -0.05) is 62.0 Å². The number of carbonyl (C=O) groups excluding carboxylic acids is 1. The van der Waals surface area contributed by atoms with Crippen LogP contribution in [0.2, 0.25) is 0 Å². The number of fused-ring (bicyclic) bond motifs is 3. The fourth-order valence-corrected chi connectivity index (χ4v) is 6.80. The van der Waals surface area contributed by atoms with E-state index in [1.807, 2.05) is 42.1 Å². The highest BCUT2D eigenvalue weighted by Crippen LogP contribution is 2.44. The highest BCUT2D eigenvalue weighted by molar-refractivity contribution is 8.00. The summed E-state index contributed by atoms with van der Waals surface area (Å²) in [7, 11) is 0. The van der Waals surface area contributed by atoms with Crippen molar-refractivity contribution in [3.8, 4) is 0 Å². The van der Waals surface area contributed by atoms with E-state index < -0.39 is 0 Å². The molecule has 0 bridgehead atoms. The molecule has 0 radical (unpaired) electrons. The monoisotopic (exact) mass is 471 g/mol. The molecule has 1 N–H and O–H groups in total. The zero-order valence-corrected chi connectivity index (χ0v) is 20.1. The van der Waals surface area contributed by atoms with Crippen molar-refractivity contribution in [2.24, 2.45) is 0 Å². The number of hydrogen-bond donors (Lipinski definition) is 1. The molecule has 1 aliphatic rings. The van der Waals surface area contributed by atoms with Crippen molar-refractivity contribution in [3.63, 3.8) is 0 Å². The van der Waals surface area contributed by atoms with Crippen molar-refractivity contribution >= 4 is 51.0 Å². The summed E-state index contributed by atoms with van der Waals surface area (Å²) < 4.78 is 1.76. The van der Waals surface area contributed by atoms with Crippen molar-refractivity contribution in [1.29, 1.82) is 0 Å². The Balaban J connectivity index is 1.57. The van der Waals surface area contributed by atoms with E-state index in [1.165, 1.54) is 16.6 Å². The summed E-state index contributed by atoms with van der Waals surface area (Å²) in [6.45, 7) is 9.10. The Hall–Kier alpha value is -2.03. The fourth-order valence-electron chi connectivity index (χ4n) is 3.59. The molecule has 1 amide bonds. The summed E-state index contributed by atoms with van der Waals surface area (Å²) in [4.78, 5) is 32.6. The minimum Gasteiger partial charge on any atom is -0.351 e. The molecule has 1 aromatic carbocycles. The number of thiophene rings is 1. The second-order valence-corrected chi connectivity index (χ2v) is 11.8. The Bertz CT molecular complexity index is 1180. The van der Waals surface area contributed by atoms with Gasteiger partial charge in [0, 0.05) is 28.5 Å². The minimum atomic E-state index is -0.0861. The zero-order chi connectivity index (χ0) is 22.0. The van der Waals surface area contributed by atoms with E-state index in [0.29, 0.717) is 18.2 Å². The number of benzene rings is 1. The van der Waals surface area contributed by atoms with Crippen LogP contribution in [-0.2, 0) is 30.1 Å². The van der Waals surface area contributed by atoms with Gasteiger partial charge in [-0.25, -0.2) is 4.98 Å². The van der Waals surface area contributed by atoms with Gasteiger partial charge in [0.25, 0.3) is 5.56 Å². The maximum absolute atomic E-state index is 13.4. The Morgan fingerprint density at radius 1 is 1.35 bits per heavy atom. The fraction of sp³-hybridized carbons (Fsp3) is 0.348. The number of amides is 1. The highest BCUT2D eigenvalue weighted by atomic mass is 32.2. The number of aromatic nitrogens is 2. The molecule has 0 unspecified atom stereocenters. The molecule has 31 heavy (non-hydrogen) atoms. The second-order valence-electron chi connectivity index (χ2n) is 8.06. The lowest BCUT2D eigenvalue weighted by Crippen LogP contribution is -2.28. The lowest BCUT2D eigenvalue weighted by atomic mass is 10.00. The molecule has 5 nitrogen and oxygen atoms in total. The standard InChI is InChI=1S/C23H25N3O2S3/c1-4-10-26-21(28)19-16-11-23(2,3)30-13-17(16)31-20(19)25-22(26)29-14-18(27)24-12-15-8-6-5-7-9-15/h4-9H,1,10-14H2,2-3H3,(H,24,27). The van der Waals surface area contributed by atoms with Crippen molar-refractivity contribution in [1.82, 2.24) is 14.9 Å². The van der Waals surface area contributed by atoms with Crippen LogP contribution in [0.15, 0.2) is 52.9 Å². The second kappa shape index (κ2) is 9.22. The van der Waals surface area contributed by atoms with Gasteiger partial charge < -0.3 is 5.32 Å². The lowest BCUT2D eigenvalue weighted by molar-refractivity contribution is -0.118. The van der Waals surface area contributed by atoms with Gasteiger partial charge in [-0.3, -0.25) is 14.2 Å². The molecule has 3 aromatic rings. The molecule has 0 saturated heterocycles. The number of nitrogens with one attached hydrogen (secondary N) is 1. The van der Waals surface area contributed by atoms with Crippen LogP contribution in [-0.4, -0.2) is 26.0 Å². The molecule has 3 heterocycles. The first-order chi connectivity index (χ1) is 14.9. The first kappa shape index (κ1) is 22.2. The van der Waals surface area contributed by atoms with Crippen LogP contribution in [0.25, 0.3) is 10.2 Å². The van der Waals surface area contributed by atoms with Crippen LogP contribution in [0.1, 0.15) is 29.9 Å². The largest absolute Gasteiger partial charge is 0.351 e. The van der Waals surface area contributed by atoms with Crippen molar-refractivity contribution in [2.45, 2.75) is 49.0 Å². The van der Waals surface area contributed by atoms with Crippen LogP contribution >= 0.6 is 34.9 Å². The minimum absolute atomic E-state index is 0.0303. The summed E-state index contributed by atoms with van der Waals surface area (Å²) >= 11 is 4.83. The molecule has 0 atom stereocenters. The first-order valence-electron chi connectivity index (χ1n) is 10.1. The third kappa shape index (κ3) is 4.91. The summed E-state index contributed by atoms with van der Waals surface area (Å²) in [6, 6.07) is 9.79. The van der Waals surface area contributed by atoms with Gasteiger partial charge in [0.15, 0.2) is 5.16 Å². The third-order valence-electron chi connectivity index (χ3n) is 5.13. The van der Waals surface area contributed by atoms with Crippen LogP contribution in [0, 0.1) is 0 Å². The van der Waals surface area contributed by atoms with Crippen LogP contribution in [0.4, 0.5) is 0 Å². The molecule has 1 aliphatic heterocycles. The van der Waals surface area contributed by atoms with Crippen LogP contribution in [0.5, 0.6) is 0 Å². The van der Waals surface area contributed by atoms with Gasteiger partial charge in [-0.05, 0) is 17.5 Å². The number of carbonyl (C=O) groups is 1. The maximum atomic E-state index is 13.4. The van der Waals surface area contributed by atoms with Crippen LogP contribution < -0.4 is 10.9 Å². The smallest absolute Gasteiger partial charge is 0.263 e. The van der Waals surface area contributed by atoms with Crippen molar-refractivity contribution in [3.05, 3.63) is 69.3 Å². The SMILES string of the molecule is C=CCn1c(SCC(=O)NCc2ccccc2)nc2sc3c(c2c1=O)CC(C)(C)SC3. The molecule has 2 aromatic heterocycles. The lowest BCUT2D eigenvalue weighted by Gasteiger charge is -2.28. The molecular formula is C23H25N3O2S3. The Labute approximate surface area is 194 Å². The van der Waals surface area contributed by atoms with E-state index >= 15 is 0 Å². The van der Waals surface area contributed by atoms with E-state index in [4.69, 9.17) is 4.98 Å². The molecule has 0 fully saturated rings. The van der Waals surface area contributed by atoms with Gasteiger partial charge in [0.05, 0.1) is 11.1 Å². The molecule has 0 saturated carbocycles. The normalized spacial score (nSPS) is 14.9. The summed E-state index contributed by atoms with van der Waals surface area (Å²) in [5.74, 6) is 1.03. The topological polar surface area (TPSA) is 64.0 Å².